The van der Waals surface area contributed by atoms with E-state index in [1.165, 1.54) is 19.3 Å². The van der Waals surface area contributed by atoms with Crippen molar-refractivity contribution in [1.29, 1.82) is 0 Å². The molecule has 2 fully saturated rings. The second kappa shape index (κ2) is 8.41. The molecule has 4 nitrogen and oxygen atoms in total. The molecule has 2 aliphatic rings. The summed E-state index contributed by atoms with van der Waals surface area (Å²) >= 11 is 11.8. The SMILES string of the molecule is O=C(COc1ccc(Cl)c(Cl)c1)O[C@@H]1CCCC[C@H]1N1CCCC1. The van der Waals surface area contributed by atoms with Crippen molar-refractivity contribution in [2.45, 2.75) is 50.7 Å². The smallest absolute Gasteiger partial charge is 0.344 e. The van der Waals surface area contributed by atoms with Gasteiger partial charge in [-0.2, -0.15) is 0 Å². The van der Waals surface area contributed by atoms with Crippen LogP contribution in [0.15, 0.2) is 18.2 Å². The first-order chi connectivity index (χ1) is 11.6. The van der Waals surface area contributed by atoms with Crippen LogP contribution in [-0.4, -0.2) is 42.7 Å². The summed E-state index contributed by atoms with van der Waals surface area (Å²) in [6.45, 7) is 2.14. The van der Waals surface area contributed by atoms with Crippen molar-refractivity contribution in [1.82, 2.24) is 4.90 Å². The van der Waals surface area contributed by atoms with Crippen LogP contribution in [0.4, 0.5) is 0 Å². The largest absolute Gasteiger partial charge is 0.482 e. The number of hydrogen-bond donors (Lipinski definition) is 0. The molecular weight excluding hydrogens is 349 g/mol. The highest BCUT2D eigenvalue weighted by Crippen LogP contribution is 2.29. The van der Waals surface area contributed by atoms with Crippen LogP contribution in [0.1, 0.15) is 38.5 Å². The lowest BCUT2D eigenvalue weighted by atomic mass is 9.91. The van der Waals surface area contributed by atoms with Crippen LogP contribution >= 0.6 is 23.2 Å². The molecule has 1 aliphatic heterocycles. The maximum atomic E-state index is 12.2. The van der Waals surface area contributed by atoms with E-state index >= 15 is 0 Å². The van der Waals surface area contributed by atoms with E-state index in [1.54, 1.807) is 18.2 Å². The van der Waals surface area contributed by atoms with Gasteiger partial charge in [0.25, 0.3) is 0 Å². The zero-order valence-electron chi connectivity index (χ0n) is 13.7. The lowest BCUT2D eigenvalue weighted by Gasteiger charge is -2.37. The second-order valence-electron chi connectivity index (χ2n) is 6.49. The summed E-state index contributed by atoms with van der Waals surface area (Å²) in [5.74, 6) is 0.193. The molecule has 0 N–H and O–H groups in total. The van der Waals surface area contributed by atoms with E-state index in [0.29, 0.717) is 21.8 Å². The Hall–Kier alpha value is -0.970. The van der Waals surface area contributed by atoms with E-state index in [0.717, 1.165) is 32.4 Å². The minimum atomic E-state index is -0.322. The van der Waals surface area contributed by atoms with E-state index in [2.05, 4.69) is 4.90 Å². The van der Waals surface area contributed by atoms with E-state index in [4.69, 9.17) is 32.7 Å². The summed E-state index contributed by atoms with van der Waals surface area (Å²) in [5, 5.41) is 0.867. The van der Waals surface area contributed by atoms with Crippen molar-refractivity contribution in [2.75, 3.05) is 19.7 Å². The van der Waals surface area contributed by atoms with Gasteiger partial charge in [0.05, 0.1) is 10.0 Å². The van der Waals surface area contributed by atoms with Crippen molar-refractivity contribution in [2.24, 2.45) is 0 Å². The number of esters is 1. The monoisotopic (exact) mass is 371 g/mol. The van der Waals surface area contributed by atoms with Crippen LogP contribution in [0.3, 0.4) is 0 Å². The number of carbonyl (C=O) groups excluding carboxylic acids is 1. The fourth-order valence-electron chi connectivity index (χ4n) is 3.62. The number of likely N-dealkylation sites (tertiary alicyclic amines) is 1. The molecule has 1 saturated carbocycles. The highest BCUT2D eigenvalue weighted by Gasteiger charge is 2.34. The first-order valence-electron chi connectivity index (χ1n) is 8.65. The quantitative estimate of drug-likeness (QED) is 0.722. The van der Waals surface area contributed by atoms with Crippen LogP contribution in [0.2, 0.25) is 10.0 Å². The predicted molar refractivity (Wildman–Crippen MR) is 94.9 cm³/mol. The number of ether oxygens (including phenoxy) is 2. The Kier molecular flexibility index (Phi) is 6.25. The summed E-state index contributed by atoms with van der Waals surface area (Å²) in [6, 6.07) is 5.31. The molecule has 0 spiro atoms. The standard InChI is InChI=1S/C18H23Cl2NO3/c19-14-8-7-13(11-15(14)20)23-12-18(22)24-17-6-2-1-5-16(17)21-9-3-4-10-21/h7-8,11,16-17H,1-6,9-10,12H2/t16-,17-/m1/s1. The Morgan fingerprint density at radius 1 is 1.08 bits per heavy atom. The molecule has 0 radical (unpaired) electrons. The maximum Gasteiger partial charge on any atom is 0.344 e. The first-order valence-corrected chi connectivity index (χ1v) is 9.40. The van der Waals surface area contributed by atoms with E-state index < -0.39 is 0 Å². The molecule has 0 unspecified atom stereocenters. The van der Waals surface area contributed by atoms with Gasteiger partial charge in [-0.05, 0) is 57.3 Å². The van der Waals surface area contributed by atoms with Crippen molar-refractivity contribution in [3.63, 3.8) is 0 Å². The number of benzene rings is 1. The molecule has 0 bridgehead atoms. The Morgan fingerprint density at radius 3 is 2.58 bits per heavy atom. The minimum Gasteiger partial charge on any atom is -0.482 e. The zero-order chi connectivity index (χ0) is 16.9. The molecule has 2 atom stereocenters. The van der Waals surface area contributed by atoms with Crippen LogP contribution in [0.5, 0.6) is 5.75 Å². The third-order valence-electron chi connectivity index (χ3n) is 4.81. The maximum absolute atomic E-state index is 12.2. The normalized spacial score (nSPS) is 24.8. The van der Waals surface area contributed by atoms with Crippen LogP contribution in [0, 0.1) is 0 Å². The van der Waals surface area contributed by atoms with Gasteiger partial charge in [-0.25, -0.2) is 4.79 Å². The third kappa shape index (κ3) is 4.56. The van der Waals surface area contributed by atoms with Gasteiger partial charge in [0.2, 0.25) is 0 Å². The fraction of sp³-hybridized carbons (Fsp3) is 0.611. The van der Waals surface area contributed by atoms with E-state index in [9.17, 15) is 4.79 Å². The van der Waals surface area contributed by atoms with Gasteiger partial charge >= 0.3 is 5.97 Å². The number of halogens is 2. The average Bonchev–Trinajstić information content (AvgIpc) is 3.11. The van der Waals surface area contributed by atoms with Crippen LogP contribution < -0.4 is 4.74 Å². The number of nitrogens with zero attached hydrogens (tertiary/aromatic N) is 1. The van der Waals surface area contributed by atoms with Crippen molar-refractivity contribution >= 4 is 29.2 Å². The molecule has 132 valence electrons. The van der Waals surface area contributed by atoms with Crippen molar-refractivity contribution in [3.05, 3.63) is 28.2 Å². The fourth-order valence-corrected chi connectivity index (χ4v) is 3.91. The van der Waals surface area contributed by atoms with Gasteiger partial charge < -0.3 is 9.47 Å². The molecule has 0 amide bonds. The second-order valence-corrected chi connectivity index (χ2v) is 7.30. The summed E-state index contributed by atoms with van der Waals surface area (Å²) in [5.41, 5.74) is 0. The molecule has 24 heavy (non-hydrogen) atoms. The molecule has 1 aromatic carbocycles. The molecule has 1 heterocycles. The van der Waals surface area contributed by atoms with Crippen LogP contribution in [0.25, 0.3) is 0 Å². The highest BCUT2D eigenvalue weighted by molar-refractivity contribution is 6.42. The molecular formula is C18H23Cl2NO3. The molecule has 0 aromatic heterocycles. The van der Waals surface area contributed by atoms with Crippen LogP contribution in [-0.2, 0) is 9.53 Å². The molecule has 1 saturated heterocycles. The Bertz CT molecular complexity index is 575. The topological polar surface area (TPSA) is 38.8 Å². The lowest BCUT2D eigenvalue weighted by molar-refractivity contribution is -0.156. The van der Waals surface area contributed by atoms with Gasteiger partial charge in [-0.3, -0.25) is 4.90 Å². The van der Waals surface area contributed by atoms with Gasteiger partial charge in [-0.1, -0.05) is 29.6 Å². The molecule has 6 heteroatoms. The number of hydrogen-bond acceptors (Lipinski definition) is 4. The predicted octanol–water partition coefficient (Wildman–Crippen LogP) is 4.32. The Balaban J connectivity index is 1.51. The Morgan fingerprint density at radius 2 is 1.83 bits per heavy atom. The number of rotatable bonds is 5. The van der Waals surface area contributed by atoms with Crippen molar-refractivity contribution < 1.29 is 14.3 Å². The van der Waals surface area contributed by atoms with Gasteiger partial charge in [0, 0.05) is 12.1 Å². The van der Waals surface area contributed by atoms with E-state index in [1.807, 2.05) is 0 Å². The summed E-state index contributed by atoms with van der Waals surface area (Å²) in [6.07, 6.45) is 6.88. The summed E-state index contributed by atoms with van der Waals surface area (Å²) in [7, 11) is 0. The first kappa shape index (κ1) is 17.8. The average molecular weight is 372 g/mol. The Labute approximate surface area is 153 Å². The van der Waals surface area contributed by atoms with Gasteiger partial charge in [0.15, 0.2) is 6.61 Å². The van der Waals surface area contributed by atoms with Crippen molar-refractivity contribution in [3.8, 4) is 5.75 Å². The lowest BCUT2D eigenvalue weighted by Crippen LogP contribution is -2.46. The molecule has 1 aromatic rings. The zero-order valence-corrected chi connectivity index (χ0v) is 15.2. The summed E-state index contributed by atoms with van der Waals surface area (Å²) < 4.78 is 11.2. The molecule has 3 rings (SSSR count). The highest BCUT2D eigenvalue weighted by atomic mass is 35.5. The summed E-state index contributed by atoms with van der Waals surface area (Å²) in [4.78, 5) is 14.7. The third-order valence-corrected chi connectivity index (χ3v) is 5.55. The van der Waals surface area contributed by atoms with Gasteiger partial charge in [0.1, 0.15) is 11.9 Å². The molecule has 1 aliphatic carbocycles. The van der Waals surface area contributed by atoms with E-state index in [-0.39, 0.29) is 18.7 Å². The minimum absolute atomic E-state index is 0.0123. The van der Waals surface area contributed by atoms with Gasteiger partial charge in [-0.15, -0.1) is 0 Å². The number of carbonyl (C=O) groups is 1.